The highest BCUT2D eigenvalue weighted by atomic mass is 16.4. The van der Waals surface area contributed by atoms with Gasteiger partial charge in [0.25, 0.3) is 0 Å². The lowest BCUT2D eigenvalue weighted by atomic mass is 9.98. The molecule has 0 radical (unpaired) electrons. The van der Waals surface area contributed by atoms with Crippen LogP contribution in [0.15, 0.2) is 60.0 Å². The SMILES string of the molecule is Cc1cccc(C=C(O)[C@@H](O)[C@@H](O)[C@H](O)[C@@H](O)C(O)=Cc2cccc(C)c2)c1. The van der Waals surface area contributed by atoms with Gasteiger partial charge in [-0.3, -0.25) is 0 Å². The van der Waals surface area contributed by atoms with Gasteiger partial charge in [0.15, 0.2) is 0 Å². The van der Waals surface area contributed by atoms with Crippen molar-refractivity contribution in [2.24, 2.45) is 0 Å². The molecule has 0 spiro atoms. The maximum Gasteiger partial charge on any atom is 0.139 e. The summed E-state index contributed by atoms with van der Waals surface area (Å²) in [6.45, 7) is 3.73. The van der Waals surface area contributed by atoms with Crippen LogP contribution in [0.1, 0.15) is 22.3 Å². The summed E-state index contributed by atoms with van der Waals surface area (Å²) in [7, 11) is 0. The molecule has 2 aromatic rings. The minimum atomic E-state index is -1.93. The Labute approximate surface area is 164 Å². The van der Waals surface area contributed by atoms with E-state index in [-0.39, 0.29) is 0 Å². The number of hydrogen-bond donors (Lipinski definition) is 6. The first-order chi connectivity index (χ1) is 13.2. The van der Waals surface area contributed by atoms with E-state index in [2.05, 4.69) is 0 Å². The lowest BCUT2D eigenvalue weighted by Crippen LogP contribution is -2.45. The van der Waals surface area contributed by atoms with Crippen LogP contribution in [0.3, 0.4) is 0 Å². The van der Waals surface area contributed by atoms with Gasteiger partial charge < -0.3 is 30.6 Å². The van der Waals surface area contributed by atoms with E-state index in [1.807, 2.05) is 26.0 Å². The molecule has 2 aromatic carbocycles. The largest absolute Gasteiger partial charge is 0.509 e. The minimum absolute atomic E-state index is 0.577. The Morgan fingerprint density at radius 1 is 0.679 bits per heavy atom. The summed E-state index contributed by atoms with van der Waals surface area (Å²) < 4.78 is 0. The third-order valence-corrected chi connectivity index (χ3v) is 4.32. The summed E-state index contributed by atoms with van der Waals surface area (Å²) in [4.78, 5) is 0. The van der Waals surface area contributed by atoms with Crippen LogP contribution in [-0.4, -0.2) is 55.1 Å². The first-order valence-electron chi connectivity index (χ1n) is 8.85. The Bertz CT molecular complexity index is 786. The molecule has 6 heteroatoms. The number of aryl methyl sites for hydroxylation is 2. The molecule has 0 amide bonds. The second-order valence-electron chi connectivity index (χ2n) is 6.84. The van der Waals surface area contributed by atoms with Crippen molar-refractivity contribution in [2.75, 3.05) is 0 Å². The summed E-state index contributed by atoms with van der Waals surface area (Å²) in [5.41, 5.74) is 3.08. The summed E-state index contributed by atoms with van der Waals surface area (Å²) in [5.74, 6) is -1.15. The third kappa shape index (κ3) is 5.68. The van der Waals surface area contributed by atoms with Crippen LogP contribution in [0.25, 0.3) is 12.2 Å². The van der Waals surface area contributed by atoms with Gasteiger partial charge in [0, 0.05) is 0 Å². The van der Waals surface area contributed by atoms with Crippen LogP contribution in [0.4, 0.5) is 0 Å². The fourth-order valence-electron chi connectivity index (χ4n) is 2.76. The van der Waals surface area contributed by atoms with Gasteiger partial charge in [0.05, 0.1) is 0 Å². The zero-order chi connectivity index (χ0) is 20.8. The summed E-state index contributed by atoms with van der Waals surface area (Å²) in [6.07, 6.45) is -5.05. The molecule has 0 aliphatic rings. The molecule has 0 saturated carbocycles. The zero-order valence-corrected chi connectivity index (χ0v) is 15.8. The molecule has 0 aliphatic heterocycles. The number of aliphatic hydroxyl groups is 6. The third-order valence-electron chi connectivity index (χ3n) is 4.32. The van der Waals surface area contributed by atoms with E-state index < -0.39 is 35.9 Å². The van der Waals surface area contributed by atoms with Gasteiger partial charge in [0.2, 0.25) is 0 Å². The van der Waals surface area contributed by atoms with Crippen molar-refractivity contribution in [2.45, 2.75) is 38.3 Å². The highest BCUT2D eigenvalue weighted by Gasteiger charge is 2.34. The van der Waals surface area contributed by atoms with Crippen molar-refractivity contribution < 1.29 is 30.6 Å². The van der Waals surface area contributed by atoms with Gasteiger partial charge >= 0.3 is 0 Å². The first-order valence-corrected chi connectivity index (χ1v) is 8.85. The van der Waals surface area contributed by atoms with Crippen LogP contribution in [0.2, 0.25) is 0 Å². The Hall–Kier alpha value is -2.64. The van der Waals surface area contributed by atoms with Crippen LogP contribution in [-0.2, 0) is 0 Å². The lowest BCUT2D eigenvalue weighted by molar-refractivity contribution is -0.0996. The van der Waals surface area contributed by atoms with Gasteiger partial charge in [-0.05, 0) is 37.1 Å². The molecule has 2 rings (SSSR count). The van der Waals surface area contributed by atoms with Crippen molar-refractivity contribution in [3.05, 3.63) is 82.3 Å². The Morgan fingerprint density at radius 3 is 1.36 bits per heavy atom. The van der Waals surface area contributed by atoms with E-state index in [0.717, 1.165) is 11.1 Å². The topological polar surface area (TPSA) is 121 Å². The molecule has 150 valence electrons. The molecule has 6 nitrogen and oxygen atoms in total. The van der Waals surface area contributed by atoms with Crippen molar-refractivity contribution >= 4 is 12.2 Å². The number of rotatable bonds is 7. The fourth-order valence-corrected chi connectivity index (χ4v) is 2.76. The Morgan fingerprint density at radius 2 is 1.04 bits per heavy atom. The van der Waals surface area contributed by atoms with Gasteiger partial charge in [0.1, 0.15) is 35.9 Å². The Kier molecular flexibility index (Phi) is 7.37. The number of hydrogen-bond acceptors (Lipinski definition) is 6. The van der Waals surface area contributed by atoms with Gasteiger partial charge in [-0.1, -0.05) is 59.7 Å². The average Bonchev–Trinajstić information content (AvgIpc) is 2.65. The van der Waals surface area contributed by atoms with Crippen LogP contribution < -0.4 is 0 Å². The van der Waals surface area contributed by atoms with Crippen LogP contribution >= 0.6 is 0 Å². The van der Waals surface area contributed by atoms with E-state index in [4.69, 9.17) is 0 Å². The van der Waals surface area contributed by atoms with E-state index in [1.165, 1.54) is 12.2 Å². The molecular weight excluding hydrogens is 360 g/mol. The number of aliphatic hydroxyl groups excluding tert-OH is 6. The molecule has 0 heterocycles. The van der Waals surface area contributed by atoms with Crippen molar-refractivity contribution in [3.63, 3.8) is 0 Å². The molecule has 0 fully saturated rings. The van der Waals surface area contributed by atoms with E-state index >= 15 is 0 Å². The molecule has 28 heavy (non-hydrogen) atoms. The highest BCUT2D eigenvalue weighted by molar-refractivity contribution is 5.54. The number of benzene rings is 2. The summed E-state index contributed by atoms with van der Waals surface area (Å²) >= 11 is 0. The maximum absolute atomic E-state index is 10.1. The molecular formula is C22H26O6. The molecule has 0 bridgehead atoms. The zero-order valence-electron chi connectivity index (χ0n) is 15.8. The Balaban J connectivity index is 2.12. The molecule has 4 atom stereocenters. The smallest absolute Gasteiger partial charge is 0.139 e. The van der Waals surface area contributed by atoms with E-state index in [0.29, 0.717) is 11.1 Å². The molecule has 0 saturated heterocycles. The first kappa shape index (κ1) is 21.7. The highest BCUT2D eigenvalue weighted by Crippen LogP contribution is 2.18. The van der Waals surface area contributed by atoms with Crippen LogP contribution in [0.5, 0.6) is 0 Å². The predicted octanol–water partition coefficient (Wildman–Crippen LogP) is 2.25. The predicted molar refractivity (Wildman–Crippen MR) is 108 cm³/mol. The minimum Gasteiger partial charge on any atom is -0.509 e. The molecule has 0 unspecified atom stereocenters. The maximum atomic E-state index is 10.1. The molecule has 0 aliphatic carbocycles. The van der Waals surface area contributed by atoms with Crippen molar-refractivity contribution in [1.29, 1.82) is 0 Å². The van der Waals surface area contributed by atoms with Crippen molar-refractivity contribution in [1.82, 2.24) is 0 Å². The fraction of sp³-hybridized carbons (Fsp3) is 0.273. The lowest BCUT2D eigenvalue weighted by Gasteiger charge is -2.26. The average molecular weight is 386 g/mol. The second kappa shape index (κ2) is 9.52. The van der Waals surface area contributed by atoms with Gasteiger partial charge in [-0.15, -0.1) is 0 Å². The second-order valence-corrected chi connectivity index (χ2v) is 6.84. The quantitative estimate of drug-likeness (QED) is 0.406. The van der Waals surface area contributed by atoms with Gasteiger partial charge in [-0.2, -0.15) is 0 Å². The summed E-state index contributed by atoms with van der Waals surface area (Å²) in [5, 5.41) is 60.5. The standard InChI is InChI=1S/C22H26O6/c1-13-5-3-7-15(9-13)11-17(23)19(25)21(27)22(28)20(26)18(24)12-16-8-4-6-14(2)10-16/h3-12,19-28H,1-2H3/t19-,20+,21-,22-/m1/s1. The monoisotopic (exact) mass is 386 g/mol. The van der Waals surface area contributed by atoms with Crippen molar-refractivity contribution in [3.8, 4) is 0 Å². The molecule has 0 aromatic heterocycles. The normalized spacial score (nSPS) is 17.1. The van der Waals surface area contributed by atoms with E-state index in [9.17, 15) is 30.6 Å². The van der Waals surface area contributed by atoms with E-state index in [1.54, 1.807) is 36.4 Å². The van der Waals surface area contributed by atoms with Gasteiger partial charge in [-0.25, -0.2) is 0 Å². The summed E-state index contributed by atoms with van der Waals surface area (Å²) in [6, 6.07) is 14.2. The molecule has 6 N–H and O–H groups in total. The van der Waals surface area contributed by atoms with Crippen LogP contribution in [0, 0.1) is 13.8 Å².